The lowest BCUT2D eigenvalue weighted by Gasteiger charge is -2.26. The minimum atomic E-state index is -0.527. The van der Waals surface area contributed by atoms with Crippen molar-refractivity contribution in [2.75, 3.05) is 23.7 Å². The summed E-state index contributed by atoms with van der Waals surface area (Å²) < 4.78 is 0. The van der Waals surface area contributed by atoms with Crippen LogP contribution in [-0.2, 0) is 11.3 Å². The molecular weight excluding hydrogens is 424 g/mol. The van der Waals surface area contributed by atoms with Gasteiger partial charge in [0, 0.05) is 29.0 Å². The Morgan fingerprint density at radius 2 is 1.65 bits per heavy atom. The zero-order chi connectivity index (χ0) is 23.5. The van der Waals surface area contributed by atoms with Crippen LogP contribution in [0.4, 0.5) is 11.4 Å². The molecule has 3 aromatic rings. The van der Waals surface area contributed by atoms with Crippen LogP contribution < -0.4 is 16.4 Å². The first-order valence-corrected chi connectivity index (χ1v) is 11.7. The van der Waals surface area contributed by atoms with Crippen LogP contribution in [0.3, 0.4) is 0 Å². The molecule has 2 aliphatic heterocycles. The normalized spacial score (nSPS) is 17.1. The van der Waals surface area contributed by atoms with Gasteiger partial charge < -0.3 is 16.4 Å². The molecule has 0 bridgehead atoms. The van der Waals surface area contributed by atoms with Gasteiger partial charge in [-0.05, 0) is 61.3 Å². The number of hydrogen-bond acceptors (Lipinski definition) is 4. The summed E-state index contributed by atoms with van der Waals surface area (Å²) in [6.45, 7) is 3.29. The maximum Gasteiger partial charge on any atom is 0.258 e. The lowest BCUT2D eigenvalue weighted by atomic mass is 9.99. The van der Waals surface area contributed by atoms with Gasteiger partial charge in [-0.2, -0.15) is 0 Å². The van der Waals surface area contributed by atoms with E-state index in [0.29, 0.717) is 22.5 Å². The number of amides is 2. The number of hydrogen-bond donors (Lipinski definition) is 3. The van der Waals surface area contributed by atoms with Gasteiger partial charge in [-0.15, -0.1) is 0 Å². The second kappa shape index (κ2) is 9.53. The fourth-order valence-electron chi connectivity index (χ4n) is 4.67. The molecule has 1 fully saturated rings. The van der Waals surface area contributed by atoms with E-state index in [1.54, 1.807) is 18.2 Å². The zero-order valence-electron chi connectivity index (χ0n) is 19.0. The Balaban J connectivity index is 1.48. The summed E-state index contributed by atoms with van der Waals surface area (Å²) in [7, 11) is 0. The first-order valence-electron chi connectivity index (χ1n) is 11.7. The number of rotatable bonds is 6. The number of carbonyl (C=O) groups excluding carboxylic acids is 2. The molecule has 2 aliphatic rings. The molecule has 0 unspecified atom stereocenters. The molecule has 0 saturated carbocycles. The minimum absolute atomic E-state index is 0.218. The third-order valence-corrected chi connectivity index (χ3v) is 6.44. The highest BCUT2D eigenvalue weighted by molar-refractivity contribution is 6.37. The quantitative estimate of drug-likeness (QED) is 0.473. The maximum absolute atomic E-state index is 13.1. The first-order chi connectivity index (χ1) is 16.6. The maximum atomic E-state index is 13.1. The van der Waals surface area contributed by atoms with Crippen molar-refractivity contribution in [2.45, 2.75) is 25.8 Å². The van der Waals surface area contributed by atoms with Crippen molar-refractivity contribution >= 4 is 34.5 Å². The number of benzene rings is 3. The molecule has 5 rings (SSSR count). The molecule has 2 amide bonds. The monoisotopic (exact) mass is 452 g/mol. The third kappa shape index (κ3) is 4.58. The van der Waals surface area contributed by atoms with Crippen LogP contribution in [0.25, 0.3) is 11.3 Å². The number of nitrogens with one attached hydrogen (secondary N) is 2. The summed E-state index contributed by atoms with van der Waals surface area (Å²) in [5, 5.41) is 6.37. The molecule has 34 heavy (non-hydrogen) atoms. The lowest BCUT2D eigenvalue weighted by Crippen LogP contribution is -2.29. The topological polar surface area (TPSA) is 87.5 Å². The Labute approximate surface area is 199 Å². The standard InChI is InChI=1S/C28H28N4O2/c29-27(33)21-11-14-23-24(17-21)31-28(34)25(23)26(20-7-3-1-4-8-20)30-22-12-9-19(10-13-22)18-32-15-5-2-6-16-32/h1,3-4,7-14,17,30H,2,5-6,15-16,18H2,(H2,29,33)(H,31,34)/b26-25-. The van der Waals surface area contributed by atoms with Crippen molar-refractivity contribution < 1.29 is 9.59 Å². The third-order valence-electron chi connectivity index (χ3n) is 6.44. The fourth-order valence-corrected chi connectivity index (χ4v) is 4.67. The zero-order valence-corrected chi connectivity index (χ0v) is 19.0. The molecule has 1 saturated heterocycles. The average Bonchev–Trinajstić information content (AvgIpc) is 3.19. The van der Waals surface area contributed by atoms with Gasteiger partial charge in [-0.1, -0.05) is 55.0 Å². The smallest absolute Gasteiger partial charge is 0.258 e. The van der Waals surface area contributed by atoms with Crippen LogP contribution in [0.5, 0.6) is 0 Å². The molecule has 0 radical (unpaired) electrons. The number of carbonyl (C=O) groups is 2. The number of primary amides is 1. The van der Waals surface area contributed by atoms with Gasteiger partial charge in [0.2, 0.25) is 5.91 Å². The molecule has 3 aromatic carbocycles. The van der Waals surface area contributed by atoms with E-state index in [4.69, 9.17) is 5.73 Å². The fraction of sp³-hybridized carbons (Fsp3) is 0.214. The van der Waals surface area contributed by atoms with Crippen LogP contribution in [-0.4, -0.2) is 29.8 Å². The van der Waals surface area contributed by atoms with Crippen molar-refractivity contribution in [1.82, 2.24) is 4.90 Å². The van der Waals surface area contributed by atoms with E-state index in [0.717, 1.165) is 36.4 Å². The molecule has 4 N–H and O–H groups in total. The van der Waals surface area contributed by atoms with Crippen LogP contribution in [0, 0.1) is 0 Å². The van der Waals surface area contributed by atoms with Crippen molar-refractivity contribution in [3.63, 3.8) is 0 Å². The summed E-state index contributed by atoms with van der Waals surface area (Å²) >= 11 is 0. The molecule has 0 spiro atoms. The molecule has 6 nitrogen and oxygen atoms in total. The number of anilines is 2. The highest BCUT2D eigenvalue weighted by Gasteiger charge is 2.29. The van der Waals surface area contributed by atoms with Gasteiger partial charge in [0.05, 0.1) is 11.3 Å². The second-order valence-electron chi connectivity index (χ2n) is 8.85. The van der Waals surface area contributed by atoms with Crippen LogP contribution in [0.15, 0.2) is 72.8 Å². The predicted octanol–water partition coefficient (Wildman–Crippen LogP) is 4.70. The first kappa shape index (κ1) is 21.9. The van der Waals surface area contributed by atoms with E-state index < -0.39 is 5.91 Å². The highest BCUT2D eigenvalue weighted by Crippen LogP contribution is 2.38. The van der Waals surface area contributed by atoms with Gasteiger partial charge in [0.25, 0.3) is 5.91 Å². The van der Waals surface area contributed by atoms with E-state index >= 15 is 0 Å². The van der Waals surface area contributed by atoms with Gasteiger partial charge in [0.15, 0.2) is 0 Å². The number of nitrogens with two attached hydrogens (primary N) is 1. The number of fused-ring (bicyclic) bond motifs is 1. The molecule has 172 valence electrons. The van der Waals surface area contributed by atoms with Gasteiger partial charge >= 0.3 is 0 Å². The number of nitrogens with zero attached hydrogens (tertiary/aromatic N) is 1. The summed E-state index contributed by atoms with van der Waals surface area (Å²) in [6.07, 6.45) is 3.88. The molecule has 2 heterocycles. The summed E-state index contributed by atoms with van der Waals surface area (Å²) in [5.41, 5.74) is 11.4. The summed E-state index contributed by atoms with van der Waals surface area (Å²) in [4.78, 5) is 27.2. The Morgan fingerprint density at radius 3 is 2.35 bits per heavy atom. The van der Waals surface area contributed by atoms with E-state index in [9.17, 15) is 9.59 Å². The molecule has 6 heteroatoms. The van der Waals surface area contributed by atoms with Gasteiger partial charge in [-0.25, -0.2) is 0 Å². The second-order valence-corrected chi connectivity index (χ2v) is 8.85. The Morgan fingerprint density at radius 1 is 0.912 bits per heavy atom. The molecular formula is C28H28N4O2. The lowest BCUT2D eigenvalue weighted by molar-refractivity contribution is -0.110. The summed E-state index contributed by atoms with van der Waals surface area (Å²) in [6, 6.07) is 23.3. The molecule has 0 atom stereocenters. The Kier molecular flexibility index (Phi) is 6.14. The van der Waals surface area contributed by atoms with E-state index in [1.807, 2.05) is 30.3 Å². The van der Waals surface area contributed by atoms with Crippen molar-refractivity contribution in [3.05, 3.63) is 95.1 Å². The molecule has 0 aliphatic carbocycles. The van der Waals surface area contributed by atoms with E-state index in [2.05, 4.69) is 39.8 Å². The van der Waals surface area contributed by atoms with Gasteiger partial charge in [0.1, 0.15) is 0 Å². The average molecular weight is 453 g/mol. The van der Waals surface area contributed by atoms with Crippen molar-refractivity contribution in [1.29, 1.82) is 0 Å². The summed E-state index contributed by atoms with van der Waals surface area (Å²) in [5.74, 6) is -0.745. The molecule has 0 aromatic heterocycles. The van der Waals surface area contributed by atoms with Crippen LogP contribution >= 0.6 is 0 Å². The SMILES string of the molecule is NC(=O)c1ccc2c(c1)NC(=O)/C2=C(\Nc1ccc(CN2CCCCC2)cc1)c1ccccc1. The van der Waals surface area contributed by atoms with Gasteiger partial charge in [-0.3, -0.25) is 14.5 Å². The Bertz CT molecular complexity index is 1240. The van der Waals surface area contributed by atoms with Crippen LogP contribution in [0.2, 0.25) is 0 Å². The predicted molar refractivity (Wildman–Crippen MR) is 136 cm³/mol. The minimum Gasteiger partial charge on any atom is -0.366 e. The van der Waals surface area contributed by atoms with E-state index in [1.165, 1.54) is 24.8 Å². The largest absolute Gasteiger partial charge is 0.366 e. The highest BCUT2D eigenvalue weighted by atomic mass is 16.2. The number of piperidine rings is 1. The van der Waals surface area contributed by atoms with Crippen molar-refractivity contribution in [2.24, 2.45) is 5.73 Å². The van der Waals surface area contributed by atoms with Crippen molar-refractivity contribution in [3.8, 4) is 0 Å². The van der Waals surface area contributed by atoms with E-state index in [-0.39, 0.29) is 5.91 Å². The number of likely N-dealkylation sites (tertiary alicyclic amines) is 1. The van der Waals surface area contributed by atoms with Crippen LogP contribution in [0.1, 0.15) is 46.3 Å². The Hall–Kier alpha value is -3.90.